The van der Waals surface area contributed by atoms with E-state index in [0.717, 1.165) is 56.4 Å². The van der Waals surface area contributed by atoms with Crippen LogP contribution in [-0.2, 0) is 19.6 Å². The van der Waals surface area contributed by atoms with Gasteiger partial charge in [-0.15, -0.1) is 0 Å². The lowest BCUT2D eigenvalue weighted by Gasteiger charge is -2.32. The first-order chi connectivity index (χ1) is 12.9. The molecule has 0 saturated carbocycles. The fourth-order valence-electron chi connectivity index (χ4n) is 4.36. The predicted molar refractivity (Wildman–Crippen MR) is 107 cm³/mol. The molecule has 0 amide bonds. The highest BCUT2D eigenvalue weighted by Gasteiger charge is 2.22. The highest BCUT2D eigenvalue weighted by atomic mass is 16.3. The summed E-state index contributed by atoms with van der Waals surface area (Å²) in [5.74, 6) is 0.373. The van der Waals surface area contributed by atoms with Gasteiger partial charge in [-0.25, -0.2) is 0 Å². The summed E-state index contributed by atoms with van der Waals surface area (Å²) in [6.45, 7) is 5.42. The van der Waals surface area contributed by atoms with Crippen molar-refractivity contribution in [3.63, 3.8) is 0 Å². The lowest BCUT2D eigenvalue weighted by Crippen LogP contribution is -2.38. The zero-order valence-electron chi connectivity index (χ0n) is 16.8. The van der Waals surface area contributed by atoms with E-state index in [1.807, 2.05) is 14.1 Å². The van der Waals surface area contributed by atoms with Crippen molar-refractivity contribution in [3.05, 3.63) is 28.8 Å². The van der Waals surface area contributed by atoms with Gasteiger partial charge in [-0.2, -0.15) is 0 Å². The Hall–Kier alpha value is -1.18. The van der Waals surface area contributed by atoms with Crippen molar-refractivity contribution in [2.75, 3.05) is 40.3 Å². The molecule has 6 nitrogen and oxygen atoms in total. The molecule has 0 aliphatic carbocycles. The fourth-order valence-corrected chi connectivity index (χ4v) is 4.36. The van der Waals surface area contributed by atoms with Crippen LogP contribution in [0.2, 0.25) is 0 Å². The van der Waals surface area contributed by atoms with Crippen molar-refractivity contribution in [2.45, 2.75) is 57.5 Å². The highest BCUT2D eigenvalue weighted by Crippen LogP contribution is 2.29. The average Bonchev–Trinajstić information content (AvgIpc) is 2.58. The van der Waals surface area contributed by atoms with Gasteiger partial charge in [-0.05, 0) is 70.6 Å². The Kier molecular flexibility index (Phi) is 7.11. The van der Waals surface area contributed by atoms with E-state index in [-0.39, 0.29) is 12.2 Å². The maximum Gasteiger partial charge on any atom is 0.124 e. The van der Waals surface area contributed by atoms with E-state index in [0.29, 0.717) is 31.9 Å². The lowest BCUT2D eigenvalue weighted by molar-refractivity contribution is 0.0652. The van der Waals surface area contributed by atoms with Gasteiger partial charge in [0.2, 0.25) is 0 Å². The van der Waals surface area contributed by atoms with E-state index >= 15 is 0 Å². The number of likely N-dealkylation sites (tertiary alicyclic amines) is 2. The number of benzene rings is 1. The minimum Gasteiger partial charge on any atom is -0.507 e. The van der Waals surface area contributed by atoms with Gasteiger partial charge in [0.15, 0.2) is 0 Å². The number of aliphatic hydroxyl groups excluding tert-OH is 2. The molecule has 2 aliphatic heterocycles. The highest BCUT2D eigenvalue weighted by molar-refractivity contribution is 5.44. The normalized spacial score (nSPS) is 25.2. The molecule has 6 heteroatoms. The molecule has 0 radical (unpaired) electrons. The van der Waals surface area contributed by atoms with Crippen molar-refractivity contribution in [1.29, 1.82) is 0 Å². The molecule has 2 atom stereocenters. The summed E-state index contributed by atoms with van der Waals surface area (Å²) in [6.07, 6.45) is 3.20. The third kappa shape index (κ3) is 5.90. The monoisotopic (exact) mass is 377 g/mol. The Morgan fingerprint density at radius 1 is 0.926 bits per heavy atom. The number of nitrogens with zero attached hydrogens (tertiary/aromatic N) is 3. The van der Waals surface area contributed by atoms with Crippen LogP contribution in [0.4, 0.5) is 0 Å². The number of phenolic OH excluding ortho intramolecular Hbond substituents is 1. The van der Waals surface area contributed by atoms with Gasteiger partial charge in [0.05, 0.1) is 12.2 Å². The zero-order valence-corrected chi connectivity index (χ0v) is 16.8. The first kappa shape index (κ1) is 20.6. The van der Waals surface area contributed by atoms with Crippen molar-refractivity contribution in [1.82, 2.24) is 14.7 Å². The second kappa shape index (κ2) is 9.34. The van der Waals surface area contributed by atoms with Crippen LogP contribution in [0.5, 0.6) is 5.75 Å². The molecule has 3 N–H and O–H groups in total. The molecular formula is C21H35N3O3. The summed E-state index contributed by atoms with van der Waals surface area (Å²) in [5.41, 5.74) is 3.07. The van der Waals surface area contributed by atoms with E-state index in [1.54, 1.807) is 0 Å². The first-order valence-electron chi connectivity index (χ1n) is 10.2. The number of rotatable bonds is 6. The van der Waals surface area contributed by atoms with Gasteiger partial charge in [0.1, 0.15) is 5.75 Å². The molecule has 1 aromatic carbocycles. The zero-order chi connectivity index (χ0) is 19.4. The van der Waals surface area contributed by atoms with Crippen LogP contribution in [0.25, 0.3) is 0 Å². The summed E-state index contributed by atoms with van der Waals surface area (Å²) >= 11 is 0. The third-order valence-corrected chi connectivity index (χ3v) is 5.58. The quantitative estimate of drug-likeness (QED) is 0.696. The minimum absolute atomic E-state index is 0.264. The predicted octanol–water partition coefficient (Wildman–Crippen LogP) is 1.37. The maximum atomic E-state index is 10.9. The van der Waals surface area contributed by atoms with E-state index in [1.165, 1.54) is 5.56 Å². The van der Waals surface area contributed by atoms with Gasteiger partial charge in [-0.1, -0.05) is 0 Å². The van der Waals surface area contributed by atoms with Crippen molar-refractivity contribution < 1.29 is 15.3 Å². The Labute approximate surface area is 163 Å². The molecule has 0 bridgehead atoms. The topological polar surface area (TPSA) is 70.4 Å². The Balaban J connectivity index is 1.80. The molecule has 152 valence electrons. The van der Waals surface area contributed by atoms with E-state index < -0.39 is 0 Å². The van der Waals surface area contributed by atoms with Crippen LogP contribution >= 0.6 is 0 Å². The maximum absolute atomic E-state index is 10.9. The van der Waals surface area contributed by atoms with Crippen LogP contribution in [-0.4, -0.2) is 82.5 Å². The van der Waals surface area contributed by atoms with Crippen LogP contribution < -0.4 is 0 Å². The molecule has 0 aromatic heterocycles. The number of aromatic hydroxyl groups is 1. The average molecular weight is 378 g/mol. The summed E-state index contributed by atoms with van der Waals surface area (Å²) in [6, 6.07) is 4.20. The van der Waals surface area contributed by atoms with Crippen LogP contribution in [0, 0.1) is 0 Å². The summed E-state index contributed by atoms with van der Waals surface area (Å²) in [4.78, 5) is 6.60. The number of β-amino-alcohol motifs (C(OH)–C–C–N with tert-alkyl or cyclic N) is 2. The molecule has 2 unspecified atom stereocenters. The second-order valence-electron chi connectivity index (χ2n) is 8.56. The Morgan fingerprint density at radius 3 is 1.81 bits per heavy atom. The first-order valence-corrected chi connectivity index (χ1v) is 10.2. The van der Waals surface area contributed by atoms with Gasteiger partial charge in [-0.3, -0.25) is 9.80 Å². The van der Waals surface area contributed by atoms with Gasteiger partial charge >= 0.3 is 0 Å². The smallest absolute Gasteiger partial charge is 0.124 e. The van der Waals surface area contributed by atoms with E-state index in [9.17, 15) is 15.3 Å². The van der Waals surface area contributed by atoms with Crippen LogP contribution in [0.1, 0.15) is 42.4 Å². The number of piperidine rings is 2. The molecule has 2 heterocycles. The lowest BCUT2D eigenvalue weighted by atomic mass is 10.00. The largest absolute Gasteiger partial charge is 0.507 e. The summed E-state index contributed by atoms with van der Waals surface area (Å²) < 4.78 is 0. The number of aliphatic hydroxyl groups is 2. The number of hydrogen-bond acceptors (Lipinski definition) is 6. The molecule has 0 spiro atoms. The van der Waals surface area contributed by atoms with Crippen molar-refractivity contribution in [3.8, 4) is 5.75 Å². The third-order valence-electron chi connectivity index (χ3n) is 5.58. The standard InChI is InChI=1S/C21H35N3O3/c1-22(2)11-16-9-17(12-23-7-3-5-19(25)14-23)21(27)18(10-16)13-24-8-4-6-20(26)15-24/h9-10,19-20,25-27H,3-8,11-15H2,1-2H3. The van der Waals surface area contributed by atoms with Gasteiger partial charge in [0.25, 0.3) is 0 Å². The fraction of sp³-hybridized carbons (Fsp3) is 0.714. The Morgan fingerprint density at radius 2 is 1.41 bits per heavy atom. The van der Waals surface area contributed by atoms with Crippen LogP contribution in [0.15, 0.2) is 12.1 Å². The van der Waals surface area contributed by atoms with E-state index in [4.69, 9.17) is 0 Å². The Bertz CT molecular complexity index is 578. The summed E-state index contributed by atoms with van der Waals surface area (Å²) in [7, 11) is 4.10. The van der Waals surface area contributed by atoms with E-state index in [2.05, 4.69) is 26.8 Å². The molecule has 2 saturated heterocycles. The molecule has 27 heavy (non-hydrogen) atoms. The van der Waals surface area contributed by atoms with Gasteiger partial charge < -0.3 is 20.2 Å². The SMILES string of the molecule is CN(C)Cc1cc(CN2CCCC(O)C2)c(O)c(CN2CCCC(O)C2)c1. The number of hydrogen-bond donors (Lipinski definition) is 3. The summed E-state index contributed by atoms with van der Waals surface area (Å²) in [5, 5.41) is 30.9. The molecular weight excluding hydrogens is 342 g/mol. The second-order valence-corrected chi connectivity index (χ2v) is 8.56. The van der Waals surface area contributed by atoms with Gasteiger partial charge in [0, 0.05) is 43.9 Å². The minimum atomic E-state index is -0.264. The van der Waals surface area contributed by atoms with Crippen molar-refractivity contribution >= 4 is 0 Å². The van der Waals surface area contributed by atoms with Crippen molar-refractivity contribution in [2.24, 2.45) is 0 Å². The molecule has 3 rings (SSSR count). The molecule has 2 fully saturated rings. The molecule has 2 aliphatic rings. The van der Waals surface area contributed by atoms with Crippen LogP contribution in [0.3, 0.4) is 0 Å². The molecule has 1 aromatic rings. The number of phenols is 1.